The lowest BCUT2D eigenvalue weighted by Crippen LogP contribution is -2.15. The summed E-state index contributed by atoms with van der Waals surface area (Å²) < 4.78 is 0. The number of hydrogen-bond acceptors (Lipinski definition) is 3. The fourth-order valence-corrected chi connectivity index (χ4v) is 4.11. The van der Waals surface area contributed by atoms with E-state index in [2.05, 4.69) is 13.8 Å². The number of carboxylic acids is 1. The van der Waals surface area contributed by atoms with Gasteiger partial charge in [0.2, 0.25) is 0 Å². The van der Waals surface area contributed by atoms with Gasteiger partial charge in [0.05, 0.1) is 12.2 Å². The fraction of sp³-hybridized carbons (Fsp3) is 0.792. The number of aliphatic hydroxyl groups excluding tert-OH is 2. The van der Waals surface area contributed by atoms with Crippen LogP contribution in [-0.4, -0.2) is 33.5 Å². The van der Waals surface area contributed by atoms with E-state index in [4.69, 9.17) is 5.11 Å². The molecule has 4 nitrogen and oxygen atoms in total. The van der Waals surface area contributed by atoms with E-state index >= 15 is 0 Å². The number of carboxylic acid groups (broad SMARTS) is 1. The van der Waals surface area contributed by atoms with Gasteiger partial charge in [-0.15, -0.1) is 0 Å². The summed E-state index contributed by atoms with van der Waals surface area (Å²) in [7, 11) is 0. The summed E-state index contributed by atoms with van der Waals surface area (Å²) in [4.78, 5) is 10.6. The number of aliphatic hydroxyl groups is 2. The van der Waals surface area contributed by atoms with Gasteiger partial charge in [0, 0.05) is 12.3 Å². The van der Waals surface area contributed by atoms with Gasteiger partial charge >= 0.3 is 5.97 Å². The SMILES string of the molecule is CCCCC[C@H](O)C=C[C@@H]1C(CCCCCCC(=O)O)=C(CCCC)C[C@H]1O. The van der Waals surface area contributed by atoms with Crippen molar-refractivity contribution in [3.63, 3.8) is 0 Å². The van der Waals surface area contributed by atoms with Crippen molar-refractivity contribution in [2.75, 3.05) is 0 Å². The number of carbonyl (C=O) groups is 1. The molecule has 0 heterocycles. The first-order valence-corrected chi connectivity index (χ1v) is 11.5. The van der Waals surface area contributed by atoms with Crippen molar-refractivity contribution in [1.29, 1.82) is 0 Å². The highest BCUT2D eigenvalue weighted by Gasteiger charge is 2.30. The molecule has 1 aliphatic rings. The Morgan fingerprint density at radius 1 is 1.04 bits per heavy atom. The Labute approximate surface area is 171 Å². The molecule has 0 fully saturated rings. The van der Waals surface area contributed by atoms with Gasteiger partial charge in [-0.25, -0.2) is 0 Å². The van der Waals surface area contributed by atoms with Crippen molar-refractivity contribution in [2.24, 2.45) is 5.92 Å². The molecule has 0 unspecified atom stereocenters. The fourth-order valence-electron chi connectivity index (χ4n) is 4.11. The van der Waals surface area contributed by atoms with Crippen LogP contribution in [0.25, 0.3) is 0 Å². The predicted molar refractivity (Wildman–Crippen MR) is 115 cm³/mol. The van der Waals surface area contributed by atoms with E-state index in [0.29, 0.717) is 0 Å². The van der Waals surface area contributed by atoms with Crippen molar-refractivity contribution < 1.29 is 20.1 Å². The highest BCUT2D eigenvalue weighted by atomic mass is 16.4. The van der Waals surface area contributed by atoms with Gasteiger partial charge in [-0.1, -0.05) is 75.7 Å². The monoisotopic (exact) mass is 394 g/mol. The van der Waals surface area contributed by atoms with Gasteiger partial charge in [-0.05, 0) is 44.9 Å². The molecule has 0 amide bonds. The number of rotatable bonds is 16. The summed E-state index contributed by atoms with van der Waals surface area (Å²) in [6.07, 6.45) is 16.4. The Kier molecular flexibility index (Phi) is 13.2. The molecule has 162 valence electrons. The van der Waals surface area contributed by atoms with Gasteiger partial charge in [-0.3, -0.25) is 4.79 Å². The standard InChI is InChI=1S/C24H42O4/c1-3-5-9-13-20(25)16-17-22-21(14-10-7-8-11-15-24(27)28)19(12-6-4-2)18-23(22)26/h16-17,20,22-23,25-26H,3-15,18H2,1-2H3,(H,27,28)/t20-,22+,23+/m0/s1. The molecule has 3 N–H and O–H groups in total. The minimum Gasteiger partial charge on any atom is -0.481 e. The summed E-state index contributed by atoms with van der Waals surface area (Å²) in [5, 5.41) is 29.6. The van der Waals surface area contributed by atoms with E-state index < -0.39 is 12.1 Å². The van der Waals surface area contributed by atoms with Crippen LogP contribution < -0.4 is 0 Å². The van der Waals surface area contributed by atoms with E-state index in [1.807, 2.05) is 12.2 Å². The largest absolute Gasteiger partial charge is 0.481 e. The predicted octanol–water partition coefficient (Wildman–Crippen LogP) is 5.78. The Balaban J connectivity index is 2.62. The number of hydrogen-bond donors (Lipinski definition) is 3. The molecule has 0 bridgehead atoms. The van der Waals surface area contributed by atoms with Crippen molar-refractivity contribution >= 4 is 5.97 Å². The van der Waals surface area contributed by atoms with E-state index in [1.54, 1.807) is 0 Å². The molecule has 0 aliphatic heterocycles. The van der Waals surface area contributed by atoms with Gasteiger partial charge in [-0.2, -0.15) is 0 Å². The third-order valence-electron chi connectivity index (χ3n) is 5.79. The Hall–Kier alpha value is -1.13. The van der Waals surface area contributed by atoms with Crippen molar-refractivity contribution in [3.05, 3.63) is 23.3 Å². The maximum atomic E-state index is 10.6. The number of unbranched alkanes of at least 4 members (excludes halogenated alkanes) is 6. The molecular weight excluding hydrogens is 352 g/mol. The van der Waals surface area contributed by atoms with Crippen LogP contribution in [0.15, 0.2) is 23.3 Å². The molecule has 0 aromatic heterocycles. The van der Waals surface area contributed by atoms with Gasteiger partial charge in [0.25, 0.3) is 0 Å². The molecule has 28 heavy (non-hydrogen) atoms. The molecule has 3 atom stereocenters. The maximum absolute atomic E-state index is 10.6. The van der Waals surface area contributed by atoms with Crippen LogP contribution in [0.4, 0.5) is 0 Å². The molecule has 1 rings (SSSR count). The van der Waals surface area contributed by atoms with E-state index in [-0.39, 0.29) is 18.4 Å². The zero-order valence-electron chi connectivity index (χ0n) is 18.0. The molecule has 0 saturated carbocycles. The topological polar surface area (TPSA) is 77.8 Å². The molecule has 4 heteroatoms. The zero-order chi connectivity index (χ0) is 20.8. The maximum Gasteiger partial charge on any atom is 0.303 e. The summed E-state index contributed by atoms with van der Waals surface area (Å²) in [5.74, 6) is -0.683. The average molecular weight is 395 g/mol. The summed E-state index contributed by atoms with van der Waals surface area (Å²) in [5.41, 5.74) is 2.78. The number of aliphatic carboxylic acids is 1. The minimum atomic E-state index is -0.717. The molecule has 0 aromatic rings. The van der Waals surface area contributed by atoms with E-state index in [9.17, 15) is 15.0 Å². The third kappa shape index (κ3) is 9.88. The lowest BCUT2D eigenvalue weighted by molar-refractivity contribution is -0.137. The second-order valence-corrected chi connectivity index (χ2v) is 8.29. The van der Waals surface area contributed by atoms with Crippen LogP contribution in [0, 0.1) is 5.92 Å². The van der Waals surface area contributed by atoms with E-state index in [1.165, 1.54) is 11.1 Å². The van der Waals surface area contributed by atoms with Crippen LogP contribution in [-0.2, 0) is 4.79 Å². The van der Waals surface area contributed by atoms with Gasteiger partial charge < -0.3 is 15.3 Å². The molecule has 0 spiro atoms. The molecule has 0 aromatic carbocycles. The van der Waals surface area contributed by atoms with Crippen molar-refractivity contribution in [2.45, 2.75) is 116 Å². The summed E-state index contributed by atoms with van der Waals surface area (Å²) in [6.45, 7) is 4.35. The van der Waals surface area contributed by atoms with Gasteiger partial charge in [0.15, 0.2) is 0 Å². The Morgan fingerprint density at radius 2 is 1.75 bits per heavy atom. The second-order valence-electron chi connectivity index (χ2n) is 8.29. The quantitative estimate of drug-likeness (QED) is 0.229. The normalized spacial score (nSPS) is 21.0. The Bertz CT molecular complexity index is 495. The molecule has 1 aliphatic carbocycles. The highest BCUT2D eigenvalue weighted by molar-refractivity contribution is 5.66. The zero-order valence-corrected chi connectivity index (χ0v) is 18.0. The van der Waals surface area contributed by atoms with Crippen LogP contribution >= 0.6 is 0 Å². The first kappa shape index (κ1) is 24.9. The lowest BCUT2D eigenvalue weighted by atomic mass is 9.92. The van der Waals surface area contributed by atoms with Crippen molar-refractivity contribution in [1.82, 2.24) is 0 Å². The smallest absolute Gasteiger partial charge is 0.303 e. The lowest BCUT2D eigenvalue weighted by Gasteiger charge is -2.16. The second kappa shape index (κ2) is 14.8. The minimum absolute atomic E-state index is 0.0340. The highest BCUT2D eigenvalue weighted by Crippen LogP contribution is 2.39. The molecule has 0 saturated heterocycles. The van der Waals surface area contributed by atoms with Crippen LogP contribution in [0.1, 0.15) is 104 Å². The first-order valence-electron chi connectivity index (χ1n) is 11.5. The van der Waals surface area contributed by atoms with Crippen LogP contribution in [0.2, 0.25) is 0 Å². The molecular formula is C24H42O4. The van der Waals surface area contributed by atoms with E-state index in [0.717, 1.165) is 83.5 Å². The average Bonchev–Trinajstić information content (AvgIpc) is 2.95. The Morgan fingerprint density at radius 3 is 2.43 bits per heavy atom. The van der Waals surface area contributed by atoms with Crippen LogP contribution in [0.5, 0.6) is 0 Å². The van der Waals surface area contributed by atoms with Crippen LogP contribution in [0.3, 0.4) is 0 Å². The van der Waals surface area contributed by atoms with Gasteiger partial charge in [0.1, 0.15) is 0 Å². The van der Waals surface area contributed by atoms with Crippen molar-refractivity contribution in [3.8, 4) is 0 Å². The molecule has 0 radical (unpaired) electrons. The summed E-state index contributed by atoms with van der Waals surface area (Å²) >= 11 is 0. The summed E-state index contributed by atoms with van der Waals surface area (Å²) in [6, 6.07) is 0. The third-order valence-corrected chi connectivity index (χ3v) is 5.79. The first-order chi connectivity index (χ1) is 13.5.